The Balaban J connectivity index is 1.54. The molecule has 0 bridgehead atoms. The first kappa shape index (κ1) is 23.3. The van der Waals surface area contributed by atoms with E-state index in [9.17, 15) is 9.90 Å². The van der Waals surface area contributed by atoms with E-state index in [2.05, 4.69) is 52.1 Å². The van der Waals surface area contributed by atoms with Crippen LogP contribution in [0.4, 0.5) is 0 Å². The first-order chi connectivity index (χ1) is 15.3. The number of hydrogen-bond acceptors (Lipinski definition) is 3. The van der Waals surface area contributed by atoms with Gasteiger partial charge in [0.25, 0.3) is 0 Å². The minimum Gasteiger partial charge on any atom is -0.458 e. The summed E-state index contributed by atoms with van der Waals surface area (Å²) in [7, 11) is 0. The largest absolute Gasteiger partial charge is 0.458 e. The van der Waals surface area contributed by atoms with Gasteiger partial charge in [-0.3, -0.25) is 0 Å². The number of rotatable bonds is 7. The van der Waals surface area contributed by atoms with Crippen LogP contribution in [0.15, 0.2) is 43.0 Å². The summed E-state index contributed by atoms with van der Waals surface area (Å²) >= 11 is 0. The van der Waals surface area contributed by atoms with Crippen molar-refractivity contribution in [2.24, 2.45) is 29.1 Å². The van der Waals surface area contributed by atoms with E-state index in [0.29, 0.717) is 23.7 Å². The average molecular weight is 437 g/mol. The highest BCUT2D eigenvalue weighted by Gasteiger charge is 2.56. The highest BCUT2D eigenvalue weighted by molar-refractivity contribution is 5.88. The molecule has 0 spiro atoms. The fraction of sp³-hybridized carbons (Fsp3) is 0.621. The van der Waals surface area contributed by atoms with Crippen LogP contribution in [0.1, 0.15) is 75.0 Å². The monoisotopic (exact) mass is 436 g/mol. The third kappa shape index (κ3) is 3.98. The number of benzene rings is 1. The zero-order chi connectivity index (χ0) is 23.0. The first-order valence-electron chi connectivity index (χ1n) is 12.5. The SMILES string of the molecule is C=CC[C@@H](OC(=O)C(=C)CO)[C@@H](C)[C@H]1CC[C@H]2[C@@H]3CCc4cc(C)ccc4[C@H]3CC[C@]12C. The maximum atomic E-state index is 12.4. The Labute approximate surface area is 193 Å². The standard InChI is InChI=1S/C29H40O3/c1-6-7-27(32-28(31)19(3)17-30)20(4)25-12-13-26-24-11-9-21-16-18(2)8-10-22(21)23(24)14-15-29(25,26)5/h6,8,10,16,20,23-27,30H,1,3,7,9,11-15,17H2,2,4-5H3/t20-,23+,24+,25+,26-,27+,29+/m0/s1. The van der Waals surface area contributed by atoms with Crippen molar-refractivity contribution < 1.29 is 14.6 Å². The quantitative estimate of drug-likeness (QED) is 0.317. The fourth-order valence-electron chi connectivity index (χ4n) is 7.69. The molecule has 3 nitrogen and oxygen atoms in total. The van der Waals surface area contributed by atoms with Gasteiger partial charge in [-0.15, -0.1) is 6.58 Å². The minimum atomic E-state index is -0.478. The number of ether oxygens (including phenoxy) is 1. The molecule has 3 aliphatic carbocycles. The Morgan fingerprint density at radius 2 is 2.09 bits per heavy atom. The molecule has 174 valence electrons. The summed E-state index contributed by atoms with van der Waals surface area (Å²) in [4.78, 5) is 12.4. The van der Waals surface area contributed by atoms with Gasteiger partial charge in [0.2, 0.25) is 0 Å². The Bertz CT molecular complexity index is 886. The smallest absolute Gasteiger partial charge is 0.336 e. The lowest BCUT2D eigenvalue weighted by molar-refractivity contribution is -0.149. The third-order valence-corrected chi connectivity index (χ3v) is 9.31. The molecule has 1 N–H and O–H groups in total. The molecule has 0 unspecified atom stereocenters. The van der Waals surface area contributed by atoms with E-state index in [-0.39, 0.29) is 24.2 Å². The number of carbonyl (C=O) groups excluding carboxylic acids is 1. The van der Waals surface area contributed by atoms with Crippen LogP contribution >= 0.6 is 0 Å². The number of carbonyl (C=O) groups is 1. The zero-order valence-corrected chi connectivity index (χ0v) is 20.1. The summed E-state index contributed by atoms with van der Waals surface area (Å²) in [5, 5.41) is 9.27. The van der Waals surface area contributed by atoms with E-state index < -0.39 is 5.97 Å². The van der Waals surface area contributed by atoms with Crippen molar-refractivity contribution in [1.29, 1.82) is 0 Å². The molecule has 1 aromatic rings. The second kappa shape index (κ2) is 9.17. The third-order valence-electron chi connectivity index (χ3n) is 9.31. The molecule has 3 aliphatic rings. The van der Waals surface area contributed by atoms with E-state index in [1.165, 1.54) is 44.1 Å². The highest BCUT2D eigenvalue weighted by atomic mass is 16.5. The van der Waals surface area contributed by atoms with Crippen molar-refractivity contribution >= 4 is 5.97 Å². The molecule has 0 aliphatic heterocycles. The second-order valence-electron chi connectivity index (χ2n) is 10.9. The van der Waals surface area contributed by atoms with E-state index in [1.807, 2.05) is 6.08 Å². The highest BCUT2D eigenvalue weighted by Crippen LogP contribution is 2.64. The van der Waals surface area contributed by atoms with Gasteiger partial charge >= 0.3 is 5.97 Å². The Hall–Kier alpha value is -1.87. The molecule has 0 amide bonds. The Kier molecular flexibility index (Phi) is 6.68. The normalized spacial score (nSPS) is 32.8. The fourth-order valence-corrected chi connectivity index (χ4v) is 7.69. The van der Waals surface area contributed by atoms with Crippen LogP contribution in [0.5, 0.6) is 0 Å². The minimum absolute atomic E-state index is 0.124. The lowest BCUT2D eigenvalue weighted by Gasteiger charge is -2.52. The van der Waals surface area contributed by atoms with Gasteiger partial charge in [-0.05, 0) is 91.6 Å². The van der Waals surface area contributed by atoms with Crippen molar-refractivity contribution in [3.8, 4) is 0 Å². The van der Waals surface area contributed by atoms with Gasteiger partial charge in [0.05, 0.1) is 12.2 Å². The van der Waals surface area contributed by atoms with Crippen LogP contribution in [0.2, 0.25) is 0 Å². The van der Waals surface area contributed by atoms with Gasteiger partial charge < -0.3 is 9.84 Å². The van der Waals surface area contributed by atoms with E-state index in [4.69, 9.17) is 4.74 Å². The van der Waals surface area contributed by atoms with Crippen molar-refractivity contribution in [3.05, 3.63) is 59.7 Å². The van der Waals surface area contributed by atoms with Gasteiger partial charge in [-0.25, -0.2) is 4.79 Å². The second-order valence-corrected chi connectivity index (χ2v) is 10.9. The van der Waals surface area contributed by atoms with Gasteiger partial charge in [-0.2, -0.15) is 0 Å². The van der Waals surface area contributed by atoms with E-state index in [0.717, 1.165) is 11.8 Å². The van der Waals surface area contributed by atoms with Gasteiger partial charge in [0.15, 0.2) is 0 Å². The molecule has 4 rings (SSSR count). The summed E-state index contributed by atoms with van der Waals surface area (Å²) in [6, 6.07) is 7.11. The molecule has 2 saturated carbocycles. The predicted octanol–water partition coefficient (Wildman–Crippen LogP) is 6.14. The summed E-state index contributed by atoms with van der Waals surface area (Å²) < 4.78 is 5.84. The number of aliphatic hydroxyl groups excluding tert-OH is 1. The van der Waals surface area contributed by atoms with Gasteiger partial charge in [0, 0.05) is 6.42 Å². The topological polar surface area (TPSA) is 46.5 Å². The number of fused-ring (bicyclic) bond motifs is 5. The van der Waals surface area contributed by atoms with Crippen LogP contribution in [0.3, 0.4) is 0 Å². The zero-order valence-electron chi connectivity index (χ0n) is 20.1. The summed E-state index contributed by atoms with van der Waals surface area (Å²) in [5.74, 6) is 2.54. The van der Waals surface area contributed by atoms with Crippen LogP contribution in [0.25, 0.3) is 0 Å². The Morgan fingerprint density at radius 3 is 2.81 bits per heavy atom. The van der Waals surface area contributed by atoms with E-state index in [1.54, 1.807) is 11.1 Å². The number of aliphatic hydroxyl groups is 1. The molecule has 3 heteroatoms. The first-order valence-corrected chi connectivity index (χ1v) is 12.5. The number of aryl methyl sites for hydroxylation is 2. The van der Waals surface area contributed by atoms with Crippen molar-refractivity contribution in [2.75, 3.05) is 6.61 Å². The predicted molar refractivity (Wildman–Crippen MR) is 129 cm³/mol. The molecule has 7 atom stereocenters. The van der Waals surface area contributed by atoms with Crippen molar-refractivity contribution in [3.63, 3.8) is 0 Å². The summed E-state index contributed by atoms with van der Waals surface area (Å²) in [6.07, 6.45) is 9.81. The molecule has 0 saturated heterocycles. The van der Waals surface area contributed by atoms with Gasteiger partial charge in [-0.1, -0.05) is 50.3 Å². The lowest BCUT2D eigenvalue weighted by atomic mass is 9.53. The molecule has 0 radical (unpaired) electrons. The van der Waals surface area contributed by atoms with Crippen molar-refractivity contribution in [1.82, 2.24) is 0 Å². The van der Waals surface area contributed by atoms with Crippen LogP contribution in [-0.2, 0) is 16.0 Å². The molecule has 1 aromatic carbocycles. The molecule has 0 heterocycles. The molecule has 2 fully saturated rings. The van der Waals surface area contributed by atoms with Crippen LogP contribution < -0.4 is 0 Å². The van der Waals surface area contributed by atoms with Crippen molar-refractivity contribution in [2.45, 2.75) is 77.7 Å². The number of esters is 1. The molecule has 32 heavy (non-hydrogen) atoms. The van der Waals surface area contributed by atoms with Crippen LogP contribution in [-0.4, -0.2) is 23.8 Å². The molecule has 0 aromatic heterocycles. The Morgan fingerprint density at radius 1 is 1.31 bits per heavy atom. The molecular formula is C29H40O3. The average Bonchev–Trinajstić information content (AvgIpc) is 3.14. The van der Waals surface area contributed by atoms with Gasteiger partial charge in [0.1, 0.15) is 6.10 Å². The summed E-state index contributed by atoms with van der Waals surface area (Å²) in [6.45, 7) is 14.2. The van der Waals surface area contributed by atoms with Crippen LogP contribution in [0, 0.1) is 36.0 Å². The molecular weight excluding hydrogens is 396 g/mol. The maximum Gasteiger partial charge on any atom is 0.336 e. The summed E-state index contributed by atoms with van der Waals surface area (Å²) in [5.41, 5.74) is 5.00. The maximum absolute atomic E-state index is 12.4. The van der Waals surface area contributed by atoms with E-state index >= 15 is 0 Å². The number of hydrogen-bond donors (Lipinski definition) is 1. The lowest BCUT2D eigenvalue weighted by Crippen LogP contribution is -2.45.